The third-order valence-electron chi connectivity index (χ3n) is 5.29. The Morgan fingerprint density at radius 2 is 1.71 bits per heavy atom. The van der Waals surface area contributed by atoms with Crippen LogP contribution in [0.1, 0.15) is 47.6 Å². The van der Waals surface area contributed by atoms with E-state index in [-0.39, 0.29) is 23.6 Å². The summed E-state index contributed by atoms with van der Waals surface area (Å²) in [4.78, 5) is 39.2. The molecule has 3 rings (SSSR count). The van der Waals surface area contributed by atoms with E-state index in [9.17, 15) is 23.2 Å². The van der Waals surface area contributed by atoms with E-state index in [1.807, 2.05) is 0 Å². The number of hydrogen-bond acceptors (Lipinski definition) is 4. The molecule has 1 aromatic carbocycles. The minimum atomic E-state index is -0.992. The molecule has 7 nitrogen and oxygen atoms in total. The maximum Gasteiger partial charge on any atom is 0.289 e. The Morgan fingerprint density at radius 3 is 2.26 bits per heavy atom. The molecule has 1 unspecified atom stereocenters. The largest absolute Gasteiger partial charge is 0.459 e. The van der Waals surface area contributed by atoms with E-state index in [2.05, 4.69) is 10.6 Å². The van der Waals surface area contributed by atoms with Crippen molar-refractivity contribution >= 4 is 17.7 Å². The fourth-order valence-corrected chi connectivity index (χ4v) is 3.54. The van der Waals surface area contributed by atoms with Crippen molar-refractivity contribution in [3.63, 3.8) is 0 Å². The molecule has 1 saturated heterocycles. The molecule has 0 radical (unpaired) electrons. The first-order chi connectivity index (χ1) is 14.8. The van der Waals surface area contributed by atoms with Crippen molar-refractivity contribution in [2.24, 2.45) is 5.92 Å². The molecule has 0 aliphatic carbocycles. The molecular weight excluding hydrogens is 408 g/mol. The van der Waals surface area contributed by atoms with E-state index in [0.29, 0.717) is 25.9 Å². The first-order valence-corrected chi connectivity index (χ1v) is 10.2. The van der Waals surface area contributed by atoms with Crippen molar-refractivity contribution in [1.29, 1.82) is 0 Å². The van der Waals surface area contributed by atoms with E-state index in [0.717, 1.165) is 18.2 Å². The van der Waals surface area contributed by atoms with Gasteiger partial charge in [0.2, 0.25) is 5.91 Å². The molecule has 0 bridgehead atoms. The molecule has 2 heterocycles. The fourth-order valence-electron chi connectivity index (χ4n) is 3.54. The van der Waals surface area contributed by atoms with E-state index in [4.69, 9.17) is 4.42 Å². The van der Waals surface area contributed by atoms with Crippen molar-refractivity contribution in [3.05, 3.63) is 59.6 Å². The number of carbonyl (C=O) groups excluding carboxylic acids is 3. The molecule has 31 heavy (non-hydrogen) atoms. The summed E-state index contributed by atoms with van der Waals surface area (Å²) in [7, 11) is 0. The lowest BCUT2D eigenvalue weighted by molar-refractivity contribution is -0.124. The third kappa shape index (κ3) is 5.28. The minimum Gasteiger partial charge on any atom is -0.459 e. The predicted octanol–water partition coefficient (Wildman–Crippen LogP) is 2.73. The average molecular weight is 433 g/mol. The Balaban J connectivity index is 1.58. The second-order valence-corrected chi connectivity index (χ2v) is 7.84. The summed E-state index contributed by atoms with van der Waals surface area (Å²) in [5.74, 6) is -3.64. The SMILES string of the molecule is CC(C)C(NC(=O)c1c(F)cccc1F)C(=O)NC1CCN(C(=O)c2ccco2)CC1. The van der Waals surface area contributed by atoms with Gasteiger partial charge in [-0.1, -0.05) is 19.9 Å². The summed E-state index contributed by atoms with van der Waals surface area (Å²) in [5.41, 5.74) is -0.717. The Kier molecular flexibility index (Phi) is 7.04. The van der Waals surface area contributed by atoms with Gasteiger partial charge in [0.15, 0.2) is 5.76 Å². The van der Waals surface area contributed by atoms with E-state index in [1.165, 1.54) is 6.26 Å². The normalized spacial score (nSPS) is 15.6. The highest BCUT2D eigenvalue weighted by Crippen LogP contribution is 2.16. The number of nitrogens with one attached hydrogen (secondary N) is 2. The van der Waals surface area contributed by atoms with Crippen molar-refractivity contribution in [2.75, 3.05) is 13.1 Å². The van der Waals surface area contributed by atoms with Crippen LogP contribution in [0.2, 0.25) is 0 Å². The summed E-state index contributed by atoms with van der Waals surface area (Å²) >= 11 is 0. The van der Waals surface area contributed by atoms with Gasteiger partial charge < -0.3 is 20.0 Å². The number of likely N-dealkylation sites (tertiary alicyclic amines) is 1. The summed E-state index contributed by atoms with van der Waals surface area (Å²) in [6.07, 6.45) is 2.52. The van der Waals surface area contributed by atoms with Crippen LogP contribution in [0.3, 0.4) is 0 Å². The summed E-state index contributed by atoms with van der Waals surface area (Å²) < 4.78 is 32.9. The number of carbonyl (C=O) groups is 3. The van der Waals surface area contributed by atoms with Crippen LogP contribution in [0.15, 0.2) is 41.0 Å². The highest BCUT2D eigenvalue weighted by molar-refractivity contribution is 5.98. The Morgan fingerprint density at radius 1 is 1.06 bits per heavy atom. The van der Waals surface area contributed by atoms with Crippen molar-refractivity contribution in [1.82, 2.24) is 15.5 Å². The highest BCUT2D eigenvalue weighted by Gasteiger charge is 2.31. The molecule has 3 amide bonds. The number of piperidine rings is 1. The number of halogens is 2. The van der Waals surface area contributed by atoms with Gasteiger partial charge in [0.05, 0.1) is 6.26 Å². The first-order valence-electron chi connectivity index (χ1n) is 10.2. The van der Waals surface area contributed by atoms with Crippen molar-refractivity contribution in [2.45, 2.75) is 38.8 Å². The lowest BCUT2D eigenvalue weighted by Gasteiger charge is -2.33. The van der Waals surface area contributed by atoms with Crippen molar-refractivity contribution in [3.8, 4) is 0 Å². The van der Waals surface area contributed by atoms with Gasteiger partial charge in [-0.25, -0.2) is 8.78 Å². The lowest BCUT2D eigenvalue weighted by Crippen LogP contribution is -2.54. The van der Waals surface area contributed by atoms with Crippen LogP contribution in [-0.2, 0) is 4.79 Å². The van der Waals surface area contributed by atoms with Crippen LogP contribution >= 0.6 is 0 Å². The molecule has 166 valence electrons. The molecule has 1 aliphatic heterocycles. The topological polar surface area (TPSA) is 91.7 Å². The molecule has 2 aromatic rings. The molecule has 1 aromatic heterocycles. The zero-order valence-corrected chi connectivity index (χ0v) is 17.4. The van der Waals surface area contributed by atoms with E-state index >= 15 is 0 Å². The first kappa shape index (κ1) is 22.5. The summed E-state index contributed by atoms with van der Waals surface area (Å²) in [5, 5.41) is 5.32. The quantitative estimate of drug-likeness (QED) is 0.733. The van der Waals surface area contributed by atoms with Gasteiger partial charge in [-0.2, -0.15) is 0 Å². The number of amides is 3. The Bertz CT molecular complexity index is 918. The zero-order valence-electron chi connectivity index (χ0n) is 17.4. The molecule has 0 saturated carbocycles. The van der Waals surface area contributed by atoms with Gasteiger partial charge in [-0.3, -0.25) is 14.4 Å². The van der Waals surface area contributed by atoms with Gasteiger partial charge in [0.1, 0.15) is 23.2 Å². The lowest BCUT2D eigenvalue weighted by atomic mass is 10.00. The summed E-state index contributed by atoms with van der Waals surface area (Å²) in [6, 6.07) is 5.24. The molecule has 2 N–H and O–H groups in total. The van der Waals surface area contributed by atoms with Gasteiger partial charge in [0, 0.05) is 19.1 Å². The van der Waals surface area contributed by atoms with Crippen LogP contribution in [0.5, 0.6) is 0 Å². The van der Waals surface area contributed by atoms with Gasteiger partial charge in [-0.15, -0.1) is 0 Å². The van der Waals surface area contributed by atoms with Gasteiger partial charge in [-0.05, 0) is 43.0 Å². The number of furan rings is 1. The fraction of sp³-hybridized carbons (Fsp3) is 0.409. The second kappa shape index (κ2) is 9.72. The molecule has 1 aliphatic rings. The molecular formula is C22H25F2N3O4. The van der Waals surface area contributed by atoms with Crippen LogP contribution in [0.25, 0.3) is 0 Å². The Labute approximate surface area is 178 Å². The number of benzene rings is 1. The molecule has 1 fully saturated rings. The number of hydrogen-bond donors (Lipinski definition) is 2. The maximum atomic E-state index is 13.9. The number of rotatable bonds is 6. The van der Waals surface area contributed by atoms with Crippen LogP contribution in [0, 0.1) is 17.6 Å². The minimum absolute atomic E-state index is 0.184. The van der Waals surface area contributed by atoms with E-state index in [1.54, 1.807) is 30.9 Å². The third-order valence-corrected chi connectivity index (χ3v) is 5.29. The van der Waals surface area contributed by atoms with Gasteiger partial charge >= 0.3 is 0 Å². The van der Waals surface area contributed by atoms with Gasteiger partial charge in [0.25, 0.3) is 11.8 Å². The maximum absolute atomic E-state index is 13.9. The average Bonchev–Trinajstić information content (AvgIpc) is 3.26. The van der Waals surface area contributed by atoms with E-state index < -0.39 is 35.1 Å². The van der Waals surface area contributed by atoms with Crippen LogP contribution < -0.4 is 10.6 Å². The number of nitrogens with zero attached hydrogens (tertiary/aromatic N) is 1. The van der Waals surface area contributed by atoms with Crippen molar-refractivity contribution < 1.29 is 27.6 Å². The summed E-state index contributed by atoms with van der Waals surface area (Å²) in [6.45, 7) is 4.35. The van der Waals surface area contributed by atoms with Crippen LogP contribution in [-0.4, -0.2) is 47.8 Å². The highest BCUT2D eigenvalue weighted by atomic mass is 19.1. The zero-order chi connectivity index (χ0) is 22.5. The molecule has 9 heteroatoms. The smallest absolute Gasteiger partial charge is 0.289 e. The standard InChI is InChI=1S/C22H25F2N3O4/c1-13(2)19(26-20(28)18-15(23)5-3-6-16(18)24)21(29)25-14-8-10-27(11-9-14)22(30)17-7-4-12-31-17/h3-7,12-14,19H,8-11H2,1-2H3,(H,25,29)(H,26,28). The second-order valence-electron chi connectivity index (χ2n) is 7.84. The van der Waals surface area contributed by atoms with Crippen LogP contribution in [0.4, 0.5) is 8.78 Å². The molecule has 1 atom stereocenters. The monoisotopic (exact) mass is 433 g/mol. The molecule has 0 spiro atoms. The predicted molar refractivity (Wildman–Crippen MR) is 108 cm³/mol. The Hall–Kier alpha value is -3.23.